The zero-order valence-electron chi connectivity index (χ0n) is 11.2. The molecule has 4 nitrogen and oxygen atoms in total. The maximum absolute atomic E-state index is 10.7. The SMILES string of the molecule is CC/C=C\CCCCCC(O)C(C)(C)[N+](=O)[O-]. The van der Waals surface area contributed by atoms with Gasteiger partial charge in [0.25, 0.3) is 0 Å². The van der Waals surface area contributed by atoms with Gasteiger partial charge in [-0.3, -0.25) is 10.1 Å². The summed E-state index contributed by atoms with van der Waals surface area (Å²) in [6, 6.07) is 0. The summed E-state index contributed by atoms with van der Waals surface area (Å²) < 4.78 is 0. The van der Waals surface area contributed by atoms with Gasteiger partial charge in [-0.05, 0) is 25.7 Å². The first-order valence-corrected chi connectivity index (χ1v) is 6.40. The predicted octanol–water partition coefficient (Wildman–Crippen LogP) is 3.32. The molecule has 0 aliphatic rings. The molecule has 17 heavy (non-hydrogen) atoms. The van der Waals surface area contributed by atoms with Crippen LogP contribution in [0.4, 0.5) is 0 Å². The van der Waals surface area contributed by atoms with E-state index in [0.29, 0.717) is 6.42 Å². The summed E-state index contributed by atoms with van der Waals surface area (Å²) in [5.41, 5.74) is -1.23. The molecular formula is C13H25NO3. The van der Waals surface area contributed by atoms with Crippen molar-refractivity contribution in [1.29, 1.82) is 0 Å². The highest BCUT2D eigenvalue weighted by atomic mass is 16.6. The highest BCUT2D eigenvalue weighted by molar-refractivity contribution is 4.80. The number of hydrogen-bond acceptors (Lipinski definition) is 3. The molecular weight excluding hydrogens is 218 g/mol. The number of unbranched alkanes of at least 4 members (excludes halogenated alkanes) is 3. The van der Waals surface area contributed by atoms with Gasteiger partial charge >= 0.3 is 0 Å². The number of allylic oxidation sites excluding steroid dienone is 2. The fraction of sp³-hybridized carbons (Fsp3) is 0.846. The summed E-state index contributed by atoms with van der Waals surface area (Å²) in [4.78, 5) is 10.3. The highest BCUT2D eigenvalue weighted by Gasteiger charge is 2.38. The molecule has 0 spiro atoms. The first-order valence-electron chi connectivity index (χ1n) is 6.40. The Hall–Kier alpha value is -0.900. The van der Waals surface area contributed by atoms with Crippen LogP contribution in [0.2, 0.25) is 0 Å². The fourth-order valence-electron chi connectivity index (χ4n) is 1.54. The van der Waals surface area contributed by atoms with E-state index in [-0.39, 0.29) is 0 Å². The van der Waals surface area contributed by atoms with Crippen LogP contribution in [0.3, 0.4) is 0 Å². The Bertz CT molecular complexity index is 249. The third-order valence-corrected chi connectivity index (χ3v) is 3.04. The average molecular weight is 243 g/mol. The smallest absolute Gasteiger partial charge is 0.242 e. The molecule has 0 radical (unpaired) electrons. The van der Waals surface area contributed by atoms with Gasteiger partial charge in [0.1, 0.15) is 6.10 Å². The molecule has 0 rings (SSSR count). The lowest BCUT2D eigenvalue weighted by molar-refractivity contribution is -0.573. The topological polar surface area (TPSA) is 63.4 Å². The molecule has 0 fully saturated rings. The number of rotatable bonds is 9. The lowest BCUT2D eigenvalue weighted by atomic mass is 9.93. The minimum Gasteiger partial charge on any atom is -0.386 e. The van der Waals surface area contributed by atoms with Crippen molar-refractivity contribution in [1.82, 2.24) is 0 Å². The van der Waals surface area contributed by atoms with E-state index in [1.165, 1.54) is 13.8 Å². The number of aliphatic hydroxyl groups excluding tert-OH is 1. The first kappa shape index (κ1) is 16.1. The summed E-state index contributed by atoms with van der Waals surface area (Å²) in [6.45, 7) is 5.05. The molecule has 0 aromatic rings. The fourth-order valence-corrected chi connectivity index (χ4v) is 1.54. The average Bonchev–Trinajstić information content (AvgIpc) is 2.27. The van der Waals surface area contributed by atoms with Gasteiger partial charge in [-0.25, -0.2) is 0 Å². The molecule has 0 amide bonds. The molecule has 0 saturated carbocycles. The number of nitro groups is 1. The van der Waals surface area contributed by atoms with Crippen LogP contribution in [0.15, 0.2) is 12.2 Å². The van der Waals surface area contributed by atoms with E-state index >= 15 is 0 Å². The highest BCUT2D eigenvalue weighted by Crippen LogP contribution is 2.19. The van der Waals surface area contributed by atoms with Gasteiger partial charge in [0.05, 0.1) is 0 Å². The first-order chi connectivity index (χ1) is 7.92. The minimum absolute atomic E-state index is 0.401. The van der Waals surface area contributed by atoms with Crippen LogP contribution in [0.5, 0.6) is 0 Å². The van der Waals surface area contributed by atoms with E-state index in [1.807, 2.05) is 0 Å². The van der Waals surface area contributed by atoms with E-state index in [2.05, 4.69) is 19.1 Å². The maximum Gasteiger partial charge on any atom is 0.242 e. The Kier molecular flexibility index (Phi) is 7.79. The summed E-state index contributed by atoms with van der Waals surface area (Å²) in [6.07, 6.45) is 9.02. The van der Waals surface area contributed by atoms with Gasteiger partial charge in [-0.2, -0.15) is 0 Å². The molecule has 4 heteroatoms. The molecule has 0 heterocycles. The largest absolute Gasteiger partial charge is 0.386 e. The maximum atomic E-state index is 10.7. The van der Waals surface area contributed by atoms with Crippen molar-refractivity contribution in [2.45, 2.75) is 70.9 Å². The van der Waals surface area contributed by atoms with Gasteiger partial charge < -0.3 is 5.11 Å². The monoisotopic (exact) mass is 243 g/mol. The second-order valence-electron chi connectivity index (χ2n) is 4.94. The normalized spacial score (nSPS) is 14.1. The van der Waals surface area contributed by atoms with Crippen LogP contribution in [-0.2, 0) is 0 Å². The van der Waals surface area contributed by atoms with Crippen LogP contribution in [0.1, 0.15) is 59.3 Å². The second kappa shape index (κ2) is 8.23. The molecule has 0 aliphatic carbocycles. The molecule has 0 saturated heterocycles. The third-order valence-electron chi connectivity index (χ3n) is 3.04. The van der Waals surface area contributed by atoms with Gasteiger partial charge in [-0.1, -0.05) is 31.9 Å². The molecule has 100 valence electrons. The zero-order valence-corrected chi connectivity index (χ0v) is 11.2. The molecule has 0 aromatic heterocycles. The lowest BCUT2D eigenvalue weighted by Crippen LogP contribution is -2.43. The third kappa shape index (κ3) is 6.41. The predicted molar refractivity (Wildman–Crippen MR) is 69.6 cm³/mol. The van der Waals surface area contributed by atoms with Crippen LogP contribution < -0.4 is 0 Å². The summed E-state index contributed by atoms with van der Waals surface area (Å²) in [5, 5.41) is 20.4. The Labute approximate surface area is 104 Å². The summed E-state index contributed by atoms with van der Waals surface area (Å²) >= 11 is 0. The van der Waals surface area contributed by atoms with Gasteiger partial charge in [0.15, 0.2) is 0 Å². The molecule has 0 aliphatic heterocycles. The molecule has 1 atom stereocenters. The Morgan fingerprint density at radius 2 is 1.94 bits per heavy atom. The second-order valence-corrected chi connectivity index (χ2v) is 4.94. The zero-order chi connectivity index (χ0) is 13.3. The van der Waals surface area contributed by atoms with Crippen molar-refractivity contribution in [3.05, 3.63) is 22.3 Å². The molecule has 1 N–H and O–H groups in total. The van der Waals surface area contributed by atoms with E-state index in [9.17, 15) is 15.2 Å². The van der Waals surface area contributed by atoms with Crippen molar-refractivity contribution in [3.63, 3.8) is 0 Å². The molecule has 0 bridgehead atoms. The van der Waals surface area contributed by atoms with Crippen LogP contribution in [0.25, 0.3) is 0 Å². The van der Waals surface area contributed by atoms with Crippen molar-refractivity contribution in [2.24, 2.45) is 0 Å². The Balaban J connectivity index is 3.68. The van der Waals surface area contributed by atoms with E-state index in [4.69, 9.17) is 0 Å². The number of aliphatic hydroxyl groups is 1. The Morgan fingerprint density at radius 3 is 2.47 bits per heavy atom. The van der Waals surface area contributed by atoms with Crippen molar-refractivity contribution in [3.8, 4) is 0 Å². The quantitative estimate of drug-likeness (QED) is 0.292. The van der Waals surface area contributed by atoms with Gasteiger partial charge in [0, 0.05) is 18.8 Å². The van der Waals surface area contributed by atoms with Crippen LogP contribution in [0, 0.1) is 10.1 Å². The van der Waals surface area contributed by atoms with Crippen molar-refractivity contribution >= 4 is 0 Å². The minimum atomic E-state index is -1.23. The Morgan fingerprint density at radius 1 is 1.29 bits per heavy atom. The van der Waals surface area contributed by atoms with Crippen LogP contribution in [-0.4, -0.2) is 21.7 Å². The van der Waals surface area contributed by atoms with E-state index in [1.54, 1.807) is 0 Å². The van der Waals surface area contributed by atoms with Crippen LogP contribution >= 0.6 is 0 Å². The molecule has 1 unspecified atom stereocenters. The number of hydrogen-bond donors (Lipinski definition) is 1. The van der Waals surface area contributed by atoms with Crippen molar-refractivity contribution in [2.75, 3.05) is 0 Å². The van der Waals surface area contributed by atoms with Gasteiger partial charge in [0.2, 0.25) is 5.54 Å². The van der Waals surface area contributed by atoms with Crippen molar-refractivity contribution < 1.29 is 10.0 Å². The summed E-state index contributed by atoms with van der Waals surface area (Å²) in [7, 11) is 0. The standard InChI is InChI=1S/C13H25NO3/c1-4-5-6-7-8-9-10-11-12(15)13(2,3)14(16)17/h5-6,12,15H,4,7-11H2,1-3H3/b6-5-. The van der Waals surface area contributed by atoms with E-state index in [0.717, 1.165) is 32.1 Å². The molecule has 0 aromatic carbocycles. The summed E-state index contributed by atoms with van der Waals surface area (Å²) in [5.74, 6) is 0. The van der Waals surface area contributed by atoms with Gasteiger partial charge in [-0.15, -0.1) is 0 Å². The van der Waals surface area contributed by atoms with E-state index < -0.39 is 16.6 Å². The lowest BCUT2D eigenvalue weighted by Gasteiger charge is -2.21. The number of nitrogens with zero attached hydrogens (tertiary/aromatic N) is 1.